The second-order valence-electron chi connectivity index (χ2n) is 5.30. The fourth-order valence-electron chi connectivity index (χ4n) is 2.18. The zero-order chi connectivity index (χ0) is 17.1. The standard InChI is InChI=1S/C18H16ClN3OS/c1-11-17(12(2)21-22-15-7-5-14(19)6-8-15)24-18(20-11)13-3-9-16(23)10-4-13/h3-10,22-23H,1-2H3/b21-12+. The fourth-order valence-corrected chi connectivity index (χ4v) is 3.33. The number of phenols is 1. The predicted molar refractivity (Wildman–Crippen MR) is 101 cm³/mol. The lowest BCUT2D eigenvalue weighted by atomic mass is 10.2. The molecule has 0 aliphatic carbocycles. The molecule has 0 unspecified atom stereocenters. The van der Waals surface area contributed by atoms with Crippen LogP contribution in [0.25, 0.3) is 10.6 Å². The molecule has 0 bridgehead atoms. The topological polar surface area (TPSA) is 57.5 Å². The lowest BCUT2D eigenvalue weighted by Crippen LogP contribution is -1.99. The van der Waals surface area contributed by atoms with Crippen LogP contribution in [-0.2, 0) is 0 Å². The van der Waals surface area contributed by atoms with Crippen molar-refractivity contribution in [3.63, 3.8) is 0 Å². The summed E-state index contributed by atoms with van der Waals surface area (Å²) >= 11 is 7.46. The second-order valence-corrected chi connectivity index (χ2v) is 6.73. The third kappa shape index (κ3) is 3.75. The summed E-state index contributed by atoms with van der Waals surface area (Å²) in [5.41, 5.74) is 6.68. The van der Waals surface area contributed by atoms with E-state index in [0.717, 1.165) is 32.5 Å². The average molecular weight is 358 g/mol. The van der Waals surface area contributed by atoms with Crippen molar-refractivity contribution in [1.29, 1.82) is 0 Å². The van der Waals surface area contributed by atoms with Gasteiger partial charge in [-0.2, -0.15) is 5.10 Å². The van der Waals surface area contributed by atoms with E-state index in [1.165, 1.54) is 0 Å². The van der Waals surface area contributed by atoms with Crippen LogP contribution in [0.5, 0.6) is 5.75 Å². The van der Waals surface area contributed by atoms with Crippen LogP contribution >= 0.6 is 22.9 Å². The molecule has 1 heterocycles. The fraction of sp³-hybridized carbons (Fsp3) is 0.111. The number of nitrogens with zero attached hydrogens (tertiary/aromatic N) is 2. The largest absolute Gasteiger partial charge is 0.508 e. The summed E-state index contributed by atoms with van der Waals surface area (Å²) in [6.07, 6.45) is 0. The van der Waals surface area contributed by atoms with Crippen LogP contribution in [0.4, 0.5) is 5.69 Å². The maximum atomic E-state index is 9.39. The molecule has 122 valence electrons. The number of phenolic OH excluding ortho intramolecular Hbond substituents is 1. The van der Waals surface area contributed by atoms with Gasteiger partial charge < -0.3 is 5.11 Å². The Balaban J connectivity index is 1.82. The summed E-state index contributed by atoms with van der Waals surface area (Å²) in [7, 11) is 0. The highest BCUT2D eigenvalue weighted by molar-refractivity contribution is 7.17. The van der Waals surface area contributed by atoms with E-state index in [1.54, 1.807) is 23.5 Å². The number of hydrazone groups is 1. The van der Waals surface area contributed by atoms with Crippen LogP contribution in [0.15, 0.2) is 53.6 Å². The molecule has 0 aliphatic rings. The summed E-state index contributed by atoms with van der Waals surface area (Å²) in [5, 5.41) is 15.4. The molecule has 0 radical (unpaired) electrons. The summed E-state index contributed by atoms with van der Waals surface area (Å²) in [6, 6.07) is 14.4. The van der Waals surface area contributed by atoms with E-state index in [-0.39, 0.29) is 5.75 Å². The van der Waals surface area contributed by atoms with Gasteiger partial charge in [0.25, 0.3) is 0 Å². The maximum Gasteiger partial charge on any atom is 0.124 e. The first-order chi connectivity index (χ1) is 11.5. The molecule has 0 saturated heterocycles. The van der Waals surface area contributed by atoms with Crippen LogP contribution in [0.2, 0.25) is 5.02 Å². The molecule has 2 N–H and O–H groups in total. The monoisotopic (exact) mass is 357 g/mol. The van der Waals surface area contributed by atoms with Crippen molar-refractivity contribution in [3.8, 4) is 16.3 Å². The highest BCUT2D eigenvalue weighted by Crippen LogP contribution is 2.29. The van der Waals surface area contributed by atoms with E-state index < -0.39 is 0 Å². The van der Waals surface area contributed by atoms with Gasteiger partial charge >= 0.3 is 0 Å². The molecule has 0 spiro atoms. The summed E-state index contributed by atoms with van der Waals surface area (Å²) in [6.45, 7) is 3.92. The number of aromatic nitrogens is 1. The van der Waals surface area contributed by atoms with Crippen LogP contribution in [0, 0.1) is 6.92 Å². The minimum absolute atomic E-state index is 0.247. The van der Waals surface area contributed by atoms with Crippen molar-refractivity contribution in [2.24, 2.45) is 5.10 Å². The Morgan fingerprint density at radius 2 is 1.79 bits per heavy atom. The van der Waals surface area contributed by atoms with Crippen LogP contribution < -0.4 is 5.43 Å². The molecule has 0 amide bonds. The summed E-state index contributed by atoms with van der Waals surface area (Å²) in [5.74, 6) is 0.247. The van der Waals surface area contributed by atoms with E-state index in [0.29, 0.717) is 5.02 Å². The summed E-state index contributed by atoms with van der Waals surface area (Å²) in [4.78, 5) is 5.64. The Morgan fingerprint density at radius 1 is 1.12 bits per heavy atom. The van der Waals surface area contributed by atoms with Gasteiger partial charge in [0.1, 0.15) is 10.8 Å². The Hall–Kier alpha value is -2.37. The van der Waals surface area contributed by atoms with Crippen molar-refractivity contribution >= 4 is 34.3 Å². The Morgan fingerprint density at radius 3 is 2.46 bits per heavy atom. The zero-order valence-electron chi connectivity index (χ0n) is 13.2. The molecular weight excluding hydrogens is 342 g/mol. The van der Waals surface area contributed by atoms with Crippen LogP contribution in [0.3, 0.4) is 0 Å². The molecular formula is C18H16ClN3OS. The first-order valence-electron chi connectivity index (χ1n) is 7.36. The van der Waals surface area contributed by atoms with Crippen LogP contribution in [-0.4, -0.2) is 15.8 Å². The van der Waals surface area contributed by atoms with Gasteiger partial charge in [0.05, 0.1) is 22.0 Å². The molecule has 3 rings (SSSR count). The third-order valence-corrected chi connectivity index (χ3v) is 5.00. The lowest BCUT2D eigenvalue weighted by molar-refractivity contribution is 0.475. The van der Waals surface area contributed by atoms with E-state index in [9.17, 15) is 5.11 Å². The molecule has 6 heteroatoms. The Kier molecular flexibility index (Phi) is 4.83. The maximum absolute atomic E-state index is 9.39. The average Bonchev–Trinajstić information content (AvgIpc) is 2.96. The smallest absolute Gasteiger partial charge is 0.124 e. The van der Waals surface area contributed by atoms with E-state index >= 15 is 0 Å². The molecule has 0 aliphatic heterocycles. The van der Waals surface area contributed by atoms with Gasteiger partial charge in [0.15, 0.2) is 0 Å². The van der Waals surface area contributed by atoms with Gasteiger partial charge in [-0.15, -0.1) is 11.3 Å². The van der Waals surface area contributed by atoms with Crippen molar-refractivity contribution in [3.05, 3.63) is 64.1 Å². The molecule has 24 heavy (non-hydrogen) atoms. The van der Waals surface area contributed by atoms with Gasteiger partial charge in [0, 0.05) is 10.6 Å². The molecule has 2 aromatic carbocycles. The second kappa shape index (κ2) is 7.03. The van der Waals surface area contributed by atoms with Gasteiger partial charge in [-0.3, -0.25) is 5.43 Å². The number of anilines is 1. The van der Waals surface area contributed by atoms with Gasteiger partial charge in [-0.1, -0.05) is 11.6 Å². The third-order valence-electron chi connectivity index (χ3n) is 3.44. The molecule has 0 atom stereocenters. The number of rotatable bonds is 4. The molecule has 3 aromatic rings. The minimum Gasteiger partial charge on any atom is -0.508 e. The van der Waals surface area contributed by atoms with Crippen LogP contribution in [0.1, 0.15) is 17.5 Å². The highest BCUT2D eigenvalue weighted by atomic mass is 35.5. The number of aryl methyl sites for hydroxylation is 1. The normalized spacial score (nSPS) is 11.5. The van der Waals surface area contributed by atoms with E-state index in [4.69, 9.17) is 11.6 Å². The van der Waals surface area contributed by atoms with Crippen molar-refractivity contribution in [2.75, 3.05) is 5.43 Å². The van der Waals surface area contributed by atoms with Gasteiger partial charge in [-0.25, -0.2) is 4.98 Å². The SMILES string of the molecule is C/C(=N\Nc1ccc(Cl)cc1)c1sc(-c2ccc(O)cc2)nc1C. The number of hydrogen-bond acceptors (Lipinski definition) is 5. The molecule has 1 aromatic heterocycles. The number of thiazole rings is 1. The van der Waals surface area contributed by atoms with Crippen molar-refractivity contribution in [2.45, 2.75) is 13.8 Å². The van der Waals surface area contributed by atoms with Gasteiger partial charge in [-0.05, 0) is 62.4 Å². The number of halogens is 1. The highest BCUT2D eigenvalue weighted by Gasteiger charge is 2.12. The number of aromatic hydroxyl groups is 1. The molecule has 0 fully saturated rings. The Bertz CT molecular complexity index is 870. The quantitative estimate of drug-likeness (QED) is 0.491. The van der Waals surface area contributed by atoms with Crippen molar-refractivity contribution < 1.29 is 5.11 Å². The van der Waals surface area contributed by atoms with E-state index in [1.807, 2.05) is 50.2 Å². The van der Waals surface area contributed by atoms with Crippen molar-refractivity contribution in [1.82, 2.24) is 4.98 Å². The lowest BCUT2D eigenvalue weighted by Gasteiger charge is -2.02. The number of nitrogens with one attached hydrogen (secondary N) is 1. The molecule has 4 nitrogen and oxygen atoms in total. The molecule has 0 saturated carbocycles. The number of hydrogen-bond donors (Lipinski definition) is 2. The first-order valence-corrected chi connectivity index (χ1v) is 8.55. The Labute approximate surface area is 149 Å². The first kappa shape index (κ1) is 16.5. The van der Waals surface area contributed by atoms with E-state index in [2.05, 4.69) is 15.5 Å². The summed E-state index contributed by atoms with van der Waals surface area (Å²) < 4.78 is 0. The number of benzene rings is 2. The predicted octanol–water partition coefficient (Wildman–Crippen LogP) is 5.31. The zero-order valence-corrected chi connectivity index (χ0v) is 14.8. The minimum atomic E-state index is 0.247. The van der Waals surface area contributed by atoms with Gasteiger partial charge in [0.2, 0.25) is 0 Å².